The first kappa shape index (κ1) is 34.7. The Hall–Kier alpha value is -4.18. The number of allylic oxidation sites excluding steroid dienone is 7. The summed E-state index contributed by atoms with van der Waals surface area (Å²) >= 11 is 0. The SMILES string of the molecule is CCN1/C(=C/C=C2\CCC(/C=C/C3=[N+](CC)c4ccc(C)cc4C3(C)C)=C2OC(c2ccc[n+](C)c2)C(C)C)C(C)(C)c2cc(C)ccc21. The van der Waals surface area contributed by atoms with Crippen LogP contribution in [0.1, 0.15) is 102 Å². The van der Waals surface area contributed by atoms with Crippen molar-refractivity contribution in [2.24, 2.45) is 13.0 Å². The Morgan fingerprint density at radius 2 is 1.59 bits per heavy atom. The molecule has 256 valence electrons. The van der Waals surface area contributed by atoms with Gasteiger partial charge >= 0.3 is 0 Å². The van der Waals surface area contributed by atoms with Gasteiger partial charge in [-0.05, 0) is 107 Å². The number of likely N-dealkylation sites (N-methyl/N-ethyl adjacent to an activating group) is 1. The van der Waals surface area contributed by atoms with Gasteiger partial charge in [-0.25, -0.2) is 4.57 Å². The molecule has 1 atom stereocenters. The summed E-state index contributed by atoms with van der Waals surface area (Å²) in [6.07, 6.45) is 15.6. The van der Waals surface area contributed by atoms with E-state index in [1.807, 2.05) is 0 Å². The predicted molar refractivity (Wildman–Crippen MR) is 205 cm³/mol. The Balaban J connectivity index is 1.45. The molecule has 4 heteroatoms. The number of benzene rings is 2. The molecule has 1 unspecified atom stereocenters. The zero-order valence-corrected chi connectivity index (χ0v) is 31.8. The lowest BCUT2D eigenvalue weighted by Crippen LogP contribution is -2.28. The molecular formula is C45H57N3O+2. The lowest BCUT2D eigenvalue weighted by molar-refractivity contribution is -0.672. The van der Waals surface area contributed by atoms with Crippen LogP contribution in [0.5, 0.6) is 0 Å². The Bertz CT molecular complexity index is 1930. The lowest BCUT2D eigenvalue weighted by Gasteiger charge is -2.26. The maximum Gasteiger partial charge on any atom is 0.209 e. The zero-order chi connectivity index (χ0) is 35.2. The average molecular weight is 656 g/mol. The number of aryl methyl sites for hydroxylation is 3. The third-order valence-electron chi connectivity index (χ3n) is 11.0. The summed E-state index contributed by atoms with van der Waals surface area (Å²) in [5.41, 5.74) is 14.4. The van der Waals surface area contributed by atoms with Gasteiger partial charge in [-0.3, -0.25) is 0 Å². The summed E-state index contributed by atoms with van der Waals surface area (Å²) in [5.74, 6) is 1.34. The molecule has 0 bridgehead atoms. The van der Waals surface area contributed by atoms with Gasteiger partial charge in [0.25, 0.3) is 0 Å². The van der Waals surface area contributed by atoms with Crippen LogP contribution in [0.3, 0.4) is 0 Å². The van der Waals surface area contributed by atoms with Crippen LogP contribution in [0, 0.1) is 19.8 Å². The Kier molecular flexibility index (Phi) is 9.39. The van der Waals surface area contributed by atoms with Gasteiger partial charge in [0.05, 0.1) is 11.0 Å². The van der Waals surface area contributed by atoms with Crippen LogP contribution in [0.15, 0.2) is 108 Å². The van der Waals surface area contributed by atoms with Crippen molar-refractivity contribution >= 4 is 17.1 Å². The largest absolute Gasteiger partial charge is 0.485 e. The number of anilines is 1. The molecule has 4 nitrogen and oxygen atoms in total. The van der Waals surface area contributed by atoms with Crippen molar-refractivity contribution in [3.8, 4) is 0 Å². The molecule has 0 amide bonds. The second-order valence-corrected chi connectivity index (χ2v) is 15.7. The van der Waals surface area contributed by atoms with Gasteiger partial charge in [-0.2, -0.15) is 4.58 Å². The van der Waals surface area contributed by atoms with Crippen molar-refractivity contribution in [1.29, 1.82) is 0 Å². The molecule has 2 aliphatic heterocycles. The van der Waals surface area contributed by atoms with Gasteiger partial charge in [0, 0.05) is 47.1 Å². The minimum absolute atomic E-state index is 0.0582. The summed E-state index contributed by atoms with van der Waals surface area (Å²) in [7, 11) is 2.09. The first-order chi connectivity index (χ1) is 23.3. The van der Waals surface area contributed by atoms with Crippen LogP contribution in [-0.4, -0.2) is 23.4 Å². The normalized spacial score (nSPS) is 20.4. The summed E-state index contributed by atoms with van der Waals surface area (Å²) < 4.78 is 11.8. The van der Waals surface area contributed by atoms with E-state index >= 15 is 0 Å². The molecule has 0 saturated heterocycles. The van der Waals surface area contributed by atoms with Crippen molar-refractivity contribution in [1.82, 2.24) is 0 Å². The molecule has 6 rings (SSSR count). The fourth-order valence-electron chi connectivity index (χ4n) is 8.29. The first-order valence-electron chi connectivity index (χ1n) is 18.4. The quantitative estimate of drug-likeness (QED) is 0.214. The summed E-state index contributed by atoms with van der Waals surface area (Å²) in [6.45, 7) is 24.8. The van der Waals surface area contributed by atoms with Crippen LogP contribution >= 0.6 is 0 Å². The van der Waals surface area contributed by atoms with Crippen LogP contribution in [0.25, 0.3) is 0 Å². The van der Waals surface area contributed by atoms with Gasteiger partial charge in [-0.15, -0.1) is 0 Å². The molecule has 3 aliphatic rings. The van der Waals surface area contributed by atoms with Gasteiger partial charge < -0.3 is 9.64 Å². The maximum atomic E-state index is 7.22. The zero-order valence-electron chi connectivity index (χ0n) is 31.8. The molecule has 2 aromatic carbocycles. The highest BCUT2D eigenvalue weighted by atomic mass is 16.5. The molecule has 1 aliphatic carbocycles. The van der Waals surface area contributed by atoms with Gasteiger partial charge in [0.15, 0.2) is 18.1 Å². The number of nitrogens with zero attached hydrogens (tertiary/aromatic N) is 3. The molecule has 0 fully saturated rings. The maximum absolute atomic E-state index is 7.22. The fraction of sp³-hybridized carbons (Fsp3) is 0.422. The lowest BCUT2D eigenvalue weighted by atomic mass is 9.80. The summed E-state index contributed by atoms with van der Waals surface area (Å²) in [5, 5.41) is 0. The monoisotopic (exact) mass is 655 g/mol. The van der Waals surface area contributed by atoms with Crippen molar-refractivity contribution in [3.63, 3.8) is 0 Å². The molecule has 3 aromatic rings. The second-order valence-electron chi connectivity index (χ2n) is 15.7. The highest BCUT2D eigenvalue weighted by Crippen LogP contribution is 2.48. The van der Waals surface area contributed by atoms with E-state index in [4.69, 9.17) is 4.74 Å². The molecule has 0 spiro atoms. The molecule has 0 radical (unpaired) electrons. The van der Waals surface area contributed by atoms with E-state index in [1.54, 1.807) is 0 Å². The second kappa shape index (κ2) is 13.3. The highest BCUT2D eigenvalue weighted by Gasteiger charge is 2.44. The number of hydrogen-bond donors (Lipinski definition) is 0. The molecule has 0 saturated carbocycles. The standard InChI is InChI=1S/C45H57N3O/c1-12-47-38-22-16-31(5)27-36(38)44(7,8)40(47)24-20-33-18-19-34(43(33)49-42(30(3)4)35-15-14-26-46(11)29-35)21-25-41-45(9,10)37-28-32(6)17-23-39(37)48(41)13-2/h14-17,20-30,42H,12-13,18-19H2,1-11H3/q+2. The van der Waals surface area contributed by atoms with Crippen LogP contribution in [0.4, 0.5) is 11.4 Å². The third-order valence-corrected chi connectivity index (χ3v) is 11.0. The van der Waals surface area contributed by atoms with Crippen molar-refractivity contribution < 1.29 is 13.9 Å². The number of ether oxygens (including phenoxy) is 1. The molecule has 0 N–H and O–H groups in total. The van der Waals surface area contributed by atoms with Gasteiger partial charge in [0.2, 0.25) is 5.69 Å². The van der Waals surface area contributed by atoms with Crippen LogP contribution < -0.4 is 9.47 Å². The van der Waals surface area contributed by atoms with Gasteiger partial charge in [0.1, 0.15) is 25.5 Å². The van der Waals surface area contributed by atoms with Crippen molar-refractivity contribution in [3.05, 3.63) is 136 Å². The van der Waals surface area contributed by atoms with Crippen LogP contribution in [0.2, 0.25) is 0 Å². The van der Waals surface area contributed by atoms with E-state index in [0.29, 0.717) is 5.92 Å². The van der Waals surface area contributed by atoms with Gasteiger partial charge in [-0.1, -0.05) is 63.1 Å². The first-order valence-corrected chi connectivity index (χ1v) is 18.4. The van der Waals surface area contributed by atoms with Crippen LogP contribution in [-0.2, 0) is 22.6 Å². The van der Waals surface area contributed by atoms with E-state index in [-0.39, 0.29) is 16.9 Å². The van der Waals surface area contributed by atoms with Crippen molar-refractivity contribution in [2.45, 2.75) is 99.0 Å². The van der Waals surface area contributed by atoms with Crippen molar-refractivity contribution in [2.75, 3.05) is 18.0 Å². The number of pyridine rings is 1. The average Bonchev–Trinajstić information content (AvgIpc) is 3.61. The Labute approximate surface area is 295 Å². The van der Waals surface area contributed by atoms with E-state index in [0.717, 1.165) is 31.7 Å². The molecular weight excluding hydrogens is 599 g/mol. The summed E-state index contributed by atoms with van der Waals surface area (Å²) in [6, 6.07) is 18.1. The van der Waals surface area contributed by atoms with E-state index in [2.05, 4.69) is 176 Å². The third kappa shape index (κ3) is 6.24. The topological polar surface area (TPSA) is 19.4 Å². The van der Waals surface area contributed by atoms with E-state index < -0.39 is 0 Å². The number of hydrogen-bond acceptors (Lipinski definition) is 2. The Morgan fingerprint density at radius 3 is 2.27 bits per heavy atom. The molecule has 49 heavy (non-hydrogen) atoms. The predicted octanol–water partition coefficient (Wildman–Crippen LogP) is 10.2. The smallest absolute Gasteiger partial charge is 0.209 e. The molecule has 1 aromatic heterocycles. The fourth-order valence-corrected chi connectivity index (χ4v) is 8.29. The summed E-state index contributed by atoms with van der Waals surface area (Å²) in [4.78, 5) is 2.49. The minimum atomic E-state index is -0.0819. The number of aromatic nitrogens is 1. The Morgan fingerprint density at radius 1 is 0.878 bits per heavy atom. The minimum Gasteiger partial charge on any atom is -0.485 e. The highest BCUT2D eigenvalue weighted by molar-refractivity contribution is 6.03. The van der Waals surface area contributed by atoms with E-state index in [9.17, 15) is 0 Å². The molecule has 3 heterocycles. The number of rotatable bonds is 9. The van der Waals surface area contributed by atoms with E-state index in [1.165, 1.54) is 61.7 Å². The number of fused-ring (bicyclic) bond motifs is 2.